The molecule has 22 heavy (non-hydrogen) atoms. The van der Waals surface area contributed by atoms with Crippen LogP contribution in [-0.2, 0) is 19.5 Å². The van der Waals surface area contributed by atoms with Gasteiger partial charge in [-0.15, -0.1) is 10.2 Å². The van der Waals surface area contributed by atoms with Gasteiger partial charge < -0.3 is 9.88 Å². The number of fused-ring (bicyclic) bond motifs is 1. The highest BCUT2D eigenvalue weighted by atomic mass is 19.1. The zero-order valence-electron chi connectivity index (χ0n) is 12.0. The summed E-state index contributed by atoms with van der Waals surface area (Å²) in [7, 11) is 0. The van der Waals surface area contributed by atoms with E-state index in [1.54, 1.807) is 0 Å². The predicted molar refractivity (Wildman–Crippen MR) is 75.1 cm³/mol. The molecular weight excluding hydrogens is 290 g/mol. The number of aryl methyl sites for hydroxylation is 1. The van der Waals surface area contributed by atoms with Gasteiger partial charge in [-0.1, -0.05) is 6.42 Å². The molecule has 0 atom stereocenters. The fraction of sp³-hybridized carbons (Fsp3) is 0.400. The number of amides is 1. The fourth-order valence-electron chi connectivity index (χ4n) is 2.60. The van der Waals surface area contributed by atoms with Crippen molar-refractivity contribution in [1.29, 1.82) is 0 Å². The van der Waals surface area contributed by atoms with Crippen LogP contribution in [-0.4, -0.2) is 20.7 Å². The molecule has 1 aromatic carbocycles. The monoisotopic (exact) mass is 306 g/mol. The quantitative estimate of drug-likeness (QED) is 0.946. The lowest BCUT2D eigenvalue weighted by Crippen LogP contribution is -2.26. The molecule has 2 aromatic rings. The highest BCUT2D eigenvalue weighted by Gasteiger charge is 2.17. The summed E-state index contributed by atoms with van der Waals surface area (Å²) in [4.78, 5) is 12.0. The van der Waals surface area contributed by atoms with E-state index in [2.05, 4.69) is 15.5 Å². The van der Waals surface area contributed by atoms with Gasteiger partial charge in [-0.2, -0.15) is 0 Å². The van der Waals surface area contributed by atoms with Crippen molar-refractivity contribution in [2.24, 2.45) is 0 Å². The molecule has 1 amide bonds. The summed E-state index contributed by atoms with van der Waals surface area (Å²) < 4.78 is 28.4. The maximum Gasteiger partial charge on any atom is 0.254 e. The highest BCUT2D eigenvalue weighted by molar-refractivity contribution is 5.94. The number of hydrogen-bond acceptors (Lipinski definition) is 3. The number of nitrogens with one attached hydrogen (secondary N) is 1. The number of nitrogens with zero attached hydrogens (tertiary/aromatic N) is 3. The second kappa shape index (κ2) is 6.21. The van der Waals surface area contributed by atoms with Crippen LogP contribution in [0.25, 0.3) is 0 Å². The third-order valence-corrected chi connectivity index (χ3v) is 3.77. The summed E-state index contributed by atoms with van der Waals surface area (Å²) in [6.45, 7) is 1.00. The number of hydrogen-bond donors (Lipinski definition) is 1. The van der Waals surface area contributed by atoms with Crippen molar-refractivity contribution in [2.45, 2.75) is 38.8 Å². The van der Waals surface area contributed by atoms with E-state index in [0.717, 1.165) is 50.2 Å². The van der Waals surface area contributed by atoms with Gasteiger partial charge in [0.25, 0.3) is 5.91 Å². The fourth-order valence-corrected chi connectivity index (χ4v) is 2.60. The van der Waals surface area contributed by atoms with Crippen LogP contribution >= 0.6 is 0 Å². The van der Waals surface area contributed by atoms with Crippen LogP contribution < -0.4 is 5.32 Å². The summed E-state index contributed by atoms with van der Waals surface area (Å²) in [5.74, 6) is -0.597. The minimum Gasteiger partial charge on any atom is -0.345 e. The van der Waals surface area contributed by atoms with Crippen molar-refractivity contribution in [1.82, 2.24) is 20.1 Å². The minimum absolute atomic E-state index is 0.169. The van der Waals surface area contributed by atoms with Crippen LogP contribution in [0.4, 0.5) is 8.78 Å². The molecule has 116 valence electrons. The van der Waals surface area contributed by atoms with Gasteiger partial charge in [0, 0.05) is 19.0 Å². The van der Waals surface area contributed by atoms with Crippen molar-refractivity contribution in [3.63, 3.8) is 0 Å². The van der Waals surface area contributed by atoms with Crippen molar-refractivity contribution in [3.05, 3.63) is 47.0 Å². The summed E-state index contributed by atoms with van der Waals surface area (Å²) in [6.07, 6.45) is 4.17. The molecule has 0 spiro atoms. The van der Waals surface area contributed by atoms with Gasteiger partial charge in [0.1, 0.15) is 17.5 Å². The molecule has 7 heteroatoms. The van der Waals surface area contributed by atoms with Gasteiger partial charge in [-0.25, -0.2) is 8.78 Å². The maximum absolute atomic E-state index is 13.6. The standard InChI is InChI=1S/C15H16F2N4O/c16-10-5-6-11(12(17)8-10)15(22)18-9-14-20-19-13-4-2-1-3-7-21(13)14/h5-6,8H,1-4,7,9H2,(H,18,22). The van der Waals surface area contributed by atoms with Crippen LogP contribution in [0.15, 0.2) is 18.2 Å². The SMILES string of the molecule is O=C(NCc1nnc2n1CCCCC2)c1ccc(F)cc1F. The minimum atomic E-state index is -0.877. The maximum atomic E-state index is 13.6. The summed E-state index contributed by atoms with van der Waals surface area (Å²) in [5.41, 5.74) is -0.183. The average Bonchev–Trinajstić information content (AvgIpc) is 2.72. The first-order valence-corrected chi connectivity index (χ1v) is 7.29. The van der Waals surface area contributed by atoms with Gasteiger partial charge in [0.2, 0.25) is 0 Å². The molecule has 0 unspecified atom stereocenters. The third kappa shape index (κ3) is 2.98. The Morgan fingerprint density at radius 2 is 2.09 bits per heavy atom. The van der Waals surface area contributed by atoms with E-state index < -0.39 is 17.5 Å². The van der Waals surface area contributed by atoms with Crippen LogP contribution in [0.2, 0.25) is 0 Å². The Hall–Kier alpha value is -2.31. The van der Waals surface area contributed by atoms with Gasteiger partial charge in [0.05, 0.1) is 12.1 Å². The number of benzene rings is 1. The Balaban J connectivity index is 1.70. The van der Waals surface area contributed by atoms with Crippen molar-refractivity contribution in [3.8, 4) is 0 Å². The predicted octanol–water partition coefficient (Wildman–Crippen LogP) is 2.21. The zero-order chi connectivity index (χ0) is 15.5. The van der Waals surface area contributed by atoms with Crippen molar-refractivity contribution >= 4 is 5.91 Å². The molecule has 1 N–H and O–H groups in total. The molecule has 1 aromatic heterocycles. The van der Waals surface area contributed by atoms with Crippen LogP contribution in [0.5, 0.6) is 0 Å². The first-order chi connectivity index (χ1) is 10.6. The number of rotatable bonds is 3. The lowest BCUT2D eigenvalue weighted by Gasteiger charge is -2.08. The van der Waals surface area contributed by atoms with Gasteiger partial charge in [0.15, 0.2) is 5.82 Å². The summed E-state index contributed by atoms with van der Waals surface area (Å²) in [6, 6.07) is 2.88. The molecule has 0 saturated heterocycles. The van der Waals surface area contributed by atoms with E-state index in [0.29, 0.717) is 11.9 Å². The van der Waals surface area contributed by atoms with E-state index in [1.165, 1.54) is 0 Å². The molecule has 1 aliphatic rings. The zero-order valence-corrected chi connectivity index (χ0v) is 12.0. The first kappa shape index (κ1) is 14.6. The Morgan fingerprint density at radius 3 is 2.91 bits per heavy atom. The van der Waals surface area contributed by atoms with Crippen LogP contribution in [0, 0.1) is 11.6 Å². The van der Waals surface area contributed by atoms with E-state index >= 15 is 0 Å². The number of aromatic nitrogens is 3. The van der Waals surface area contributed by atoms with E-state index in [4.69, 9.17) is 0 Å². The number of halogens is 2. The molecule has 2 heterocycles. The summed E-state index contributed by atoms with van der Waals surface area (Å²) in [5, 5.41) is 10.8. The summed E-state index contributed by atoms with van der Waals surface area (Å²) >= 11 is 0. The van der Waals surface area contributed by atoms with Crippen LogP contribution in [0.1, 0.15) is 41.3 Å². The second-order valence-electron chi connectivity index (χ2n) is 5.30. The number of carbonyl (C=O) groups is 1. The average molecular weight is 306 g/mol. The topological polar surface area (TPSA) is 59.8 Å². The molecule has 0 saturated carbocycles. The second-order valence-corrected chi connectivity index (χ2v) is 5.30. The van der Waals surface area contributed by atoms with Gasteiger partial charge >= 0.3 is 0 Å². The molecule has 0 bridgehead atoms. The Morgan fingerprint density at radius 1 is 1.23 bits per heavy atom. The Kier molecular flexibility index (Phi) is 4.13. The molecule has 5 nitrogen and oxygen atoms in total. The smallest absolute Gasteiger partial charge is 0.254 e. The largest absolute Gasteiger partial charge is 0.345 e. The Bertz CT molecular complexity index is 699. The van der Waals surface area contributed by atoms with E-state index in [-0.39, 0.29) is 12.1 Å². The van der Waals surface area contributed by atoms with E-state index in [1.807, 2.05) is 4.57 Å². The molecule has 3 rings (SSSR count). The molecule has 0 aliphatic carbocycles. The van der Waals surface area contributed by atoms with Gasteiger partial charge in [-0.05, 0) is 25.0 Å². The lowest BCUT2D eigenvalue weighted by atomic mass is 10.2. The van der Waals surface area contributed by atoms with Crippen LogP contribution in [0.3, 0.4) is 0 Å². The highest BCUT2D eigenvalue weighted by Crippen LogP contribution is 2.14. The Labute approximate surface area is 126 Å². The van der Waals surface area contributed by atoms with Crippen molar-refractivity contribution < 1.29 is 13.6 Å². The molecule has 0 fully saturated rings. The number of carbonyl (C=O) groups excluding carboxylic acids is 1. The lowest BCUT2D eigenvalue weighted by molar-refractivity contribution is 0.0945. The van der Waals surface area contributed by atoms with E-state index in [9.17, 15) is 13.6 Å². The molecule has 1 aliphatic heterocycles. The first-order valence-electron chi connectivity index (χ1n) is 7.29. The molecule has 0 radical (unpaired) electrons. The molecular formula is C15H16F2N4O. The van der Waals surface area contributed by atoms with Crippen molar-refractivity contribution in [2.75, 3.05) is 0 Å². The van der Waals surface area contributed by atoms with Gasteiger partial charge in [-0.3, -0.25) is 4.79 Å². The normalized spacial score (nSPS) is 14.3. The third-order valence-electron chi connectivity index (χ3n) is 3.77.